The normalized spacial score (nSPS) is 30.6. The SMILES string of the molecule is CN(C)C1CS(=O)(=O)CCC1OC(C)(C)C. The van der Waals surface area contributed by atoms with E-state index in [-0.39, 0.29) is 29.3 Å². The third-order valence-corrected chi connectivity index (χ3v) is 4.44. The lowest BCUT2D eigenvalue weighted by Gasteiger charge is -2.39. The summed E-state index contributed by atoms with van der Waals surface area (Å²) in [5, 5.41) is 0. The predicted molar refractivity (Wildman–Crippen MR) is 65.4 cm³/mol. The van der Waals surface area contributed by atoms with Gasteiger partial charge in [0.1, 0.15) is 0 Å². The molecule has 1 fully saturated rings. The van der Waals surface area contributed by atoms with Crippen LogP contribution < -0.4 is 0 Å². The summed E-state index contributed by atoms with van der Waals surface area (Å²) in [6, 6.07) is -0.0297. The van der Waals surface area contributed by atoms with E-state index in [1.54, 1.807) is 0 Å². The number of nitrogens with zero attached hydrogens (tertiary/aromatic N) is 1. The van der Waals surface area contributed by atoms with Crippen LogP contribution in [0.1, 0.15) is 27.2 Å². The van der Waals surface area contributed by atoms with Crippen LogP contribution in [0.15, 0.2) is 0 Å². The Bertz CT molecular complexity index is 330. The van der Waals surface area contributed by atoms with Gasteiger partial charge in [-0.25, -0.2) is 8.42 Å². The van der Waals surface area contributed by atoms with E-state index < -0.39 is 9.84 Å². The fourth-order valence-corrected chi connectivity index (χ4v) is 3.80. The molecular weight excluding hydrogens is 226 g/mol. The van der Waals surface area contributed by atoms with Crippen LogP contribution in [0.5, 0.6) is 0 Å². The molecule has 0 aromatic heterocycles. The second-order valence-electron chi connectivity index (χ2n) is 5.70. The molecule has 0 N–H and O–H groups in total. The maximum absolute atomic E-state index is 11.6. The number of likely N-dealkylation sites (N-methyl/N-ethyl adjacent to an activating group) is 1. The quantitative estimate of drug-likeness (QED) is 0.730. The molecule has 1 aliphatic heterocycles. The molecule has 96 valence electrons. The predicted octanol–water partition coefficient (Wildman–Crippen LogP) is 0.919. The van der Waals surface area contributed by atoms with Crippen molar-refractivity contribution in [2.75, 3.05) is 25.6 Å². The van der Waals surface area contributed by atoms with E-state index in [1.165, 1.54) is 0 Å². The maximum Gasteiger partial charge on any atom is 0.152 e. The van der Waals surface area contributed by atoms with E-state index in [2.05, 4.69) is 0 Å². The Morgan fingerprint density at radius 3 is 2.25 bits per heavy atom. The largest absolute Gasteiger partial charge is 0.371 e. The monoisotopic (exact) mass is 249 g/mol. The number of sulfone groups is 1. The first kappa shape index (κ1) is 13.9. The van der Waals surface area contributed by atoms with Crippen LogP contribution in [0.2, 0.25) is 0 Å². The summed E-state index contributed by atoms with van der Waals surface area (Å²) in [5.74, 6) is 0.457. The van der Waals surface area contributed by atoms with Crippen LogP contribution in [0, 0.1) is 0 Å². The first-order valence-electron chi connectivity index (χ1n) is 5.65. The lowest BCUT2D eigenvalue weighted by atomic mass is 10.1. The fourth-order valence-electron chi connectivity index (χ4n) is 2.01. The Kier molecular flexibility index (Phi) is 4.03. The Hall–Kier alpha value is -0.130. The van der Waals surface area contributed by atoms with Gasteiger partial charge in [-0.05, 0) is 41.3 Å². The van der Waals surface area contributed by atoms with Gasteiger partial charge in [0.15, 0.2) is 9.84 Å². The highest BCUT2D eigenvalue weighted by Gasteiger charge is 2.37. The van der Waals surface area contributed by atoms with E-state index in [9.17, 15) is 8.42 Å². The zero-order valence-corrected chi connectivity index (χ0v) is 11.7. The molecule has 0 aromatic rings. The van der Waals surface area contributed by atoms with Crippen molar-refractivity contribution >= 4 is 9.84 Å². The van der Waals surface area contributed by atoms with Gasteiger partial charge in [0.25, 0.3) is 0 Å². The third-order valence-electron chi connectivity index (χ3n) is 2.74. The number of hydrogen-bond acceptors (Lipinski definition) is 4. The highest BCUT2D eigenvalue weighted by Crippen LogP contribution is 2.24. The summed E-state index contributed by atoms with van der Waals surface area (Å²) in [6.45, 7) is 6.01. The smallest absolute Gasteiger partial charge is 0.152 e. The number of hydrogen-bond donors (Lipinski definition) is 0. The molecule has 0 bridgehead atoms. The summed E-state index contributed by atoms with van der Waals surface area (Å²) < 4.78 is 29.1. The summed E-state index contributed by atoms with van der Waals surface area (Å²) in [5.41, 5.74) is -0.222. The molecule has 1 aliphatic rings. The van der Waals surface area contributed by atoms with Gasteiger partial charge in [-0.15, -0.1) is 0 Å². The second-order valence-corrected chi connectivity index (χ2v) is 7.93. The van der Waals surface area contributed by atoms with Crippen molar-refractivity contribution in [3.8, 4) is 0 Å². The molecule has 2 unspecified atom stereocenters. The van der Waals surface area contributed by atoms with Gasteiger partial charge in [0.2, 0.25) is 0 Å². The molecule has 0 amide bonds. The van der Waals surface area contributed by atoms with E-state index in [0.717, 1.165) is 0 Å². The van der Waals surface area contributed by atoms with Crippen LogP contribution in [-0.4, -0.2) is 56.7 Å². The molecule has 1 saturated heterocycles. The van der Waals surface area contributed by atoms with Gasteiger partial charge in [-0.1, -0.05) is 0 Å². The van der Waals surface area contributed by atoms with Gasteiger partial charge in [-0.2, -0.15) is 0 Å². The molecule has 5 heteroatoms. The zero-order chi connectivity index (χ0) is 12.6. The minimum absolute atomic E-state index is 0.0125. The van der Waals surface area contributed by atoms with Gasteiger partial charge < -0.3 is 9.64 Å². The third kappa shape index (κ3) is 4.03. The van der Waals surface area contributed by atoms with Crippen molar-refractivity contribution in [1.82, 2.24) is 4.90 Å². The van der Waals surface area contributed by atoms with Gasteiger partial charge in [0.05, 0.1) is 23.2 Å². The minimum Gasteiger partial charge on any atom is -0.371 e. The Balaban J connectivity index is 2.77. The molecule has 2 atom stereocenters. The van der Waals surface area contributed by atoms with E-state index in [4.69, 9.17) is 4.74 Å². The molecule has 0 spiro atoms. The molecule has 16 heavy (non-hydrogen) atoms. The summed E-state index contributed by atoms with van der Waals surface area (Å²) in [4.78, 5) is 1.95. The van der Waals surface area contributed by atoms with Crippen LogP contribution >= 0.6 is 0 Å². The first-order chi connectivity index (χ1) is 7.11. The van der Waals surface area contributed by atoms with Crippen molar-refractivity contribution in [3.05, 3.63) is 0 Å². The molecule has 0 saturated carbocycles. The Morgan fingerprint density at radius 2 is 1.81 bits per heavy atom. The van der Waals surface area contributed by atoms with Crippen LogP contribution in [0.3, 0.4) is 0 Å². The highest BCUT2D eigenvalue weighted by molar-refractivity contribution is 7.91. The molecule has 1 heterocycles. The minimum atomic E-state index is -2.89. The zero-order valence-electron chi connectivity index (χ0n) is 10.9. The molecule has 1 rings (SSSR count). The van der Waals surface area contributed by atoms with Crippen molar-refractivity contribution in [2.24, 2.45) is 0 Å². The molecular formula is C11H23NO3S. The van der Waals surface area contributed by atoms with Gasteiger partial charge >= 0.3 is 0 Å². The summed E-state index contributed by atoms with van der Waals surface area (Å²) in [7, 11) is 0.927. The number of ether oxygens (including phenoxy) is 1. The summed E-state index contributed by atoms with van der Waals surface area (Å²) >= 11 is 0. The molecule has 4 nitrogen and oxygen atoms in total. The van der Waals surface area contributed by atoms with Crippen LogP contribution in [0.25, 0.3) is 0 Å². The summed E-state index contributed by atoms with van der Waals surface area (Å²) in [6.07, 6.45) is 0.612. The lowest BCUT2D eigenvalue weighted by molar-refractivity contribution is -0.0883. The Morgan fingerprint density at radius 1 is 1.25 bits per heavy atom. The topological polar surface area (TPSA) is 46.6 Å². The Labute approximate surface area is 98.9 Å². The van der Waals surface area contributed by atoms with Crippen molar-refractivity contribution in [1.29, 1.82) is 0 Å². The molecule has 0 aromatic carbocycles. The molecule has 0 aliphatic carbocycles. The van der Waals surface area contributed by atoms with Crippen molar-refractivity contribution in [2.45, 2.75) is 44.9 Å². The van der Waals surface area contributed by atoms with Crippen molar-refractivity contribution in [3.63, 3.8) is 0 Å². The van der Waals surface area contributed by atoms with Gasteiger partial charge in [0, 0.05) is 6.04 Å². The van der Waals surface area contributed by atoms with Crippen LogP contribution in [0.4, 0.5) is 0 Å². The van der Waals surface area contributed by atoms with Gasteiger partial charge in [-0.3, -0.25) is 0 Å². The number of rotatable bonds is 2. The standard InChI is InChI=1S/C11H23NO3S/c1-11(2,3)15-10-6-7-16(13,14)8-9(10)12(4)5/h9-10H,6-8H2,1-5H3. The fraction of sp³-hybridized carbons (Fsp3) is 1.00. The average molecular weight is 249 g/mol. The van der Waals surface area contributed by atoms with Crippen molar-refractivity contribution < 1.29 is 13.2 Å². The molecule has 0 radical (unpaired) electrons. The first-order valence-corrected chi connectivity index (χ1v) is 7.47. The lowest BCUT2D eigenvalue weighted by Crippen LogP contribution is -2.52. The van der Waals surface area contributed by atoms with E-state index >= 15 is 0 Å². The van der Waals surface area contributed by atoms with E-state index in [1.807, 2.05) is 39.8 Å². The second kappa shape index (κ2) is 4.63. The maximum atomic E-state index is 11.6. The van der Waals surface area contributed by atoms with E-state index in [0.29, 0.717) is 6.42 Å². The average Bonchev–Trinajstić information content (AvgIpc) is 2.05. The van der Waals surface area contributed by atoms with Crippen LogP contribution in [-0.2, 0) is 14.6 Å². The highest BCUT2D eigenvalue weighted by atomic mass is 32.2.